The summed E-state index contributed by atoms with van der Waals surface area (Å²) in [5.41, 5.74) is 0.733. The molecule has 0 spiro atoms. The number of carbonyl (C=O) groups is 4. The average Bonchev–Trinajstić information content (AvgIpc) is 2.98. The van der Waals surface area contributed by atoms with E-state index < -0.39 is 41.3 Å². The minimum absolute atomic E-state index is 0.0373. The standard InChI is InChI=1S/C21H19F2N3O4/c1-24-19(28)18(12-8-9-15(22)16(23)11-12)25-17(27)7-4-10-26-20(29)13-5-2-3-6-14(13)21(26)30/h2-3,5-6,8-9,11,18H,4,7,10H2,1H3,(H,24,28)(H,25,27). The lowest BCUT2D eigenvalue weighted by molar-refractivity contribution is -0.129. The Balaban J connectivity index is 1.60. The highest BCUT2D eigenvalue weighted by atomic mass is 19.2. The fourth-order valence-corrected chi connectivity index (χ4v) is 3.21. The van der Waals surface area contributed by atoms with Gasteiger partial charge in [-0.1, -0.05) is 18.2 Å². The van der Waals surface area contributed by atoms with Gasteiger partial charge in [0, 0.05) is 20.0 Å². The molecule has 1 unspecified atom stereocenters. The third-order valence-corrected chi connectivity index (χ3v) is 4.75. The topological polar surface area (TPSA) is 95.6 Å². The average molecular weight is 415 g/mol. The number of amides is 4. The summed E-state index contributed by atoms with van der Waals surface area (Å²) in [5.74, 6) is -4.18. The van der Waals surface area contributed by atoms with Gasteiger partial charge in [0.25, 0.3) is 11.8 Å². The fraction of sp³-hybridized carbons (Fsp3) is 0.238. The Bertz CT molecular complexity index is 990. The van der Waals surface area contributed by atoms with Crippen molar-refractivity contribution in [1.29, 1.82) is 0 Å². The van der Waals surface area contributed by atoms with Gasteiger partial charge in [-0.15, -0.1) is 0 Å². The van der Waals surface area contributed by atoms with E-state index in [9.17, 15) is 28.0 Å². The molecule has 0 aromatic heterocycles. The van der Waals surface area contributed by atoms with E-state index in [0.717, 1.165) is 17.0 Å². The number of nitrogens with zero attached hydrogens (tertiary/aromatic N) is 1. The monoisotopic (exact) mass is 415 g/mol. The largest absolute Gasteiger partial charge is 0.357 e. The number of hydrogen-bond acceptors (Lipinski definition) is 4. The van der Waals surface area contributed by atoms with E-state index in [4.69, 9.17) is 0 Å². The summed E-state index contributed by atoms with van der Waals surface area (Å²) in [5, 5.41) is 4.83. The van der Waals surface area contributed by atoms with Crippen molar-refractivity contribution in [1.82, 2.24) is 15.5 Å². The van der Waals surface area contributed by atoms with Gasteiger partial charge in [0.15, 0.2) is 11.6 Å². The summed E-state index contributed by atoms with van der Waals surface area (Å²) in [6.45, 7) is 0.0373. The lowest BCUT2D eigenvalue weighted by atomic mass is 10.1. The highest BCUT2D eigenvalue weighted by molar-refractivity contribution is 6.21. The second-order valence-electron chi connectivity index (χ2n) is 6.70. The number of benzene rings is 2. The first-order valence-corrected chi connectivity index (χ1v) is 9.24. The maximum absolute atomic E-state index is 13.5. The second-order valence-corrected chi connectivity index (χ2v) is 6.70. The highest BCUT2D eigenvalue weighted by Gasteiger charge is 2.34. The van der Waals surface area contributed by atoms with Crippen LogP contribution in [0.5, 0.6) is 0 Å². The summed E-state index contributed by atoms with van der Waals surface area (Å²) < 4.78 is 26.7. The molecule has 4 amide bonds. The zero-order chi connectivity index (χ0) is 21.8. The summed E-state index contributed by atoms with van der Waals surface area (Å²) in [6.07, 6.45) is 0.0973. The first-order valence-electron chi connectivity index (χ1n) is 9.24. The number of carbonyl (C=O) groups excluding carboxylic acids is 4. The molecule has 2 aromatic rings. The number of rotatable bonds is 7. The van der Waals surface area contributed by atoms with E-state index in [0.29, 0.717) is 11.1 Å². The van der Waals surface area contributed by atoms with E-state index in [2.05, 4.69) is 10.6 Å². The van der Waals surface area contributed by atoms with Gasteiger partial charge >= 0.3 is 0 Å². The summed E-state index contributed by atoms with van der Waals surface area (Å²) in [6, 6.07) is 8.17. The van der Waals surface area contributed by atoms with Gasteiger partial charge in [-0.05, 0) is 36.2 Å². The normalized spacial score (nSPS) is 13.8. The molecule has 0 saturated heterocycles. The molecular weight excluding hydrogens is 396 g/mol. The van der Waals surface area contributed by atoms with Crippen LogP contribution in [0.15, 0.2) is 42.5 Å². The maximum atomic E-state index is 13.5. The zero-order valence-corrected chi connectivity index (χ0v) is 16.1. The lowest BCUT2D eigenvalue weighted by Gasteiger charge is -2.18. The second kappa shape index (κ2) is 8.81. The number of imide groups is 1. The van der Waals surface area contributed by atoms with Crippen molar-refractivity contribution >= 4 is 23.6 Å². The number of fused-ring (bicyclic) bond motifs is 1. The van der Waals surface area contributed by atoms with E-state index >= 15 is 0 Å². The maximum Gasteiger partial charge on any atom is 0.261 e. The molecule has 9 heteroatoms. The van der Waals surface area contributed by atoms with Crippen LogP contribution in [0.4, 0.5) is 8.78 Å². The van der Waals surface area contributed by atoms with Gasteiger partial charge in [0.2, 0.25) is 11.8 Å². The Hall–Kier alpha value is -3.62. The molecule has 3 rings (SSSR count). The smallest absolute Gasteiger partial charge is 0.261 e. The molecule has 1 heterocycles. The van der Waals surface area contributed by atoms with Gasteiger partial charge in [-0.2, -0.15) is 0 Å². The molecule has 0 radical (unpaired) electrons. The molecule has 0 fully saturated rings. The Morgan fingerprint density at radius 3 is 2.20 bits per heavy atom. The van der Waals surface area contributed by atoms with Crippen molar-refractivity contribution < 1.29 is 28.0 Å². The third kappa shape index (κ3) is 4.19. The van der Waals surface area contributed by atoms with Crippen molar-refractivity contribution in [3.8, 4) is 0 Å². The van der Waals surface area contributed by atoms with Crippen LogP contribution in [0.2, 0.25) is 0 Å². The number of halogens is 2. The highest BCUT2D eigenvalue weighted by Crippen LogP contribution is 2.23. The molecule has 1 aliphatic rings. The van der Waals surface area contributed by atoms with Gasteiger partial charge < -0.3 is 10.6 Å². The van der Waals surface area contributed by atoms with E-state index in [-0.39, 0.29) is 24.9 Å². The van der Waals surface area contributed by atoms with E-state index in [1.165, 1.54) is 13.1 Å². The fourth-order valence-electron chi connectivity index (χ4n) is 3.21. The molecule has 1 aliphatic heterocycles. The van der Waals surface area contributed by atoms with Crippen LogP contribution in [-0.4, -0.2) is 42.1 Å². The first-order chi connectivity index (χ1) is 14.3. The molecule has 0 aliphatic carbocycles. The predicted molar refractivity (Wildman–Crippen MR) is 102 cm³/mol. The Labute approximate surface area is 171 Å². The first kappa shape index (κ1) is 21.1. The molecule has 0 saturated carbocycles. The van der Waals surface area contributed by atoms with E-state index in [1.807, 2.05) is 0 Å². The number of nitrogens with one attached hydrogen (secondary N) is 2. The van der Waals surface area contributed by atoms with Gasteiger partial charge in [-0.3, -0.25) is 24.1 Å². The SMILES string of the molecule is CNC(=O)C(NC(=O)CCCN1C(=O)c2ccccc2C1=O)c1ccc(F)c(F)c1. The number of likely N-dealkylation sites (N-methyl/N-ethyl adjacent to an activating group) is 1. The minimum Gasteiger partial charge on any atom is -0.357 e. The molecule has 2 N–H and O–H groups in total. The van der Waals surface area contributed by atoms with Crippen LogP contribution in [0.3, 0.4) is 0 Å². The minimum atomic E-state index is -1.21. The van der Waals surface area contributed by atoms with E-state index in [1.54, 1.807) is 24.3 Å². The third-order valence-electron chi connectivity index (χ3n) is 4.75. The van der Waals surface area contributed by atoms with Crippen LogP contribution >= 0.6 is 0 Å². The van der Waals surface area contributed by atoms with Crippen LogP contribution in [0.1, 0.15) is 45.2 Å². The van der Waals surface area contributed by atoms with Crippen LogP contribution in [-0.2, 0) is 9.59 Å². The lowest BCUT2D eigenvalue weighted by Crippen LogP contribution is -2.39. The van der Waals surface area contributed by atoms with Crippen LogP contribution in [0.25, 0.3) is 0 Å². The number of hydrogen-bond donors (Lipinski definition) is 2. The van der Waals surface area contributed by atoms with Gasteiger partial charge in [0.05, 0.1) is 11.1 Å². The molecule has 1 atom stereocenters. The Morgan fingerprint density at radius 1 is 1.00 bits per heavy atom. The van der Waals surface area contributed by atoms with Crippen LogP contribution < -0.4 is 10.6 Å². The molecular formula is C21H19F2N3O4. The van der Waals surface area contributed by atoms with Crippen LogP contribution in [0, 0.1) is 11.6 Å². The zero-order valence-electron chi connectivity index (χ0n) is 16.1. The summed E-state index contributed by atoms with van der Waals surface area (Å²) in [7, 11) is 1.35. The molecule has 0 bridgehead atoms. The Morgan fingerprint density at radius 2 is 1.63 bits per heavy atom. The molecule has 30 heavy (non-hydrogen) atoms. The molecule has 7 nitrogen and oxygen atoms in total. The quantitative estimate of drug-likeness (QED) is 0.676. The Kier molecular flexibility index (Phi) is 6.20. The van der Waals surface area contributed by atoms with Crippen molar-refractivity contribution in [2.75, 3.05) is 13.6 Å². The molecule has 156 valence electrons. The van der Waals surface area contributed by atoms with Crippen molar-refractivity contribution in [3.63, 3.8) is 0 Å². The summed E-state index contributed by atoms with van der Waals surface area (Å²) in [4.78, 5) is 50.1. The summed E-state index contributed by atoms with van der Waals surface area (Å²) >= 11 is 0. The van der Waals surface area contributed by atoms with Gasteiger partial charge in [-0.25, -0.2) is 8.78 Å². The molecule has 2 aromatic carbocycles. The van der Waals surface area contributed by atoms with Crippen molar-refractivity contribution in [2.24, 2.45) is 0 Å². The predicted octanol–water partition coefficient (Wildman–Crippen LogP) is 1.94. The van der Waals surface area contributed by atoms with Crippen molar-refractivity contribution in [2.45, 2.75) is 18.9 Å². The van der Waals surface area contributed by atoms with Crippen molar-refractivity contribution in [3.05, 3.63) is 70.8 Å². The van der Waals surface area contributed by atoms with Gasteiger partial charge in [0.1, 0.15) is 6.04 Å².